The molecule has 4 aliphatic rings. The van der Waals surface area contributed by atoms with Gasteiger partial charge in [-0.05, 0) is 38.2 Å². The highest BCUT2D eigenvalue weighted by Crippen LogP contribution is 2.48. The maximum atomic E-state index is 13.5. The number of benzene rings is 1. The van der Waals surface area contributed by atoms with Gasteiger partial charge in [0.15, 0.2) is 21.4 Å². The molecular weight excluding hydrogens is 390 g/mol. The maximum Gasteiger partial charge on any atom is 0.290 e. The summed E-state index contributed by atoms with van der Waals surface area (Å²) in [5.74, 6) is -0.331. The second-order valence-corrected chi connectivity index (χ2v) is 11.0. The van der Waals surface area contributed by atoms with Gasteiger partial charge in [0.2, 0.25) is 0 Å². The zero-order chi connectivity index (χ0) is 20.3. The van der Waals surface area contributed by atoms with E-state index in [1.807, 2.05) is 31.2 Å². The number of sulfone groups is 1. The van der Waals surface area contributed by atoms with Crippen LogP contribution in [-0.4, -0.2) is 48.7 Å². The molecule has 0 aromatic heterocycles. The van der Waals surface area contributed by atoms with Crippen LogP contribution in [0, 0.1) is 12.8 Å². The number of amides is 1. The van der Waals surface area contributed by atoms with Crippen LogP contribution < -0.4 is 0 Å². The Labute approximate surface area is 170 Å². The number of rotatable bonds is 2. The van der Waals surface area contributed by atoms with E-state index in [2.05, 4.69) is 0 Å². The molecule has 0 N–H and O–H groups in total. The molecule has 4 unspecified atom stereocenters. The van der Waals surface area contributed by atoms with E-state index < -0.39 is 21.9 Å². The van der Waals surface area contributed by atoms with Crippen LogP contribution in [0.25, 0.3) is 0 Å². The monoisotopic (exact) mass is 415 g/mol. The van der Waals surface area contributed by atoms with Crippen LogP contribution in [0.5, 0.6) is 0 Å². The van der Waals surface area contributed by atoms with Crippen LogP contribution in [0.2, 0.25) is 0 Å². The van der Waals surface area contributed by atoms with Crippen molar-refractivity contribution in [2.24, 2.45) is 5.92 Å². The average molecular weight is 416 g/mol. The molecule has 0 radical (unpaired) electrons. The van der Waals surface area contributed by atoms with Crippen molar-refractivity contribution in [3.63, 3.8) is 0 Å². The van der Waals surface area contributed by atoms with Crippen molar-refractivity contribution in [2.75, 3.05) is 11.5 Å². The molecule has 1 amide bonds. The van der Waals surface area contributed by atoms with Crippen LogP contribution in [0.1, 0.15) is 49.3 Å². The van der Waals surface area contributed by atoms with Crippen molar-refractivity contribution < 1.29 is 22.7 Å². The van der Waals surface area contributed by atoms with Crippen LogP contribution >= 0.6 is 0 Å². The van der Waals surface area contributed by atoms with Gasteiger partial charge >= 0.3 is 0 Å². The lowest BCUT2D eigenvalue weighted by Crippen LogP contribution is -2.41. The number of ether oxygens (including phenoxy) is 1. The van der Waals surface area contributed by atoms with Crippen LogP contribution in [0.4, 0.5) is 0 Å². The molecule has 1 saturated carbocycles. The summed E-state index contributed by atoms with van der Waals surface area (Å²) < 4.78 is 30.4. The number of ketones is 1. The van der Waals surface area contributed by atoms with Gasteiger partial charge in [0.25, 0.3) is 5.91 Å². The predicted molar refractivity (Wildman–Crippen MR) is 107 cm³/mol. The Bertz CT molecular complexity index is 1010. The summed E-state index contributed by atoms with van der Waals surface area (Å²) in [6, 6.07) is 6.79. The standard InChI is InChI=1S/C22H25NO5S/c1-13-6-8-14(9-7-13)19-18-20(24)16-4-2-3-5-17(16)28-21(18)22(25)23(19)15-10-11-29(26,27)12-15/h6-9,15-17,19H,2-5,10-12H2,1H3. The fourth-order valence-corrected chi connectivity index (χ4v) is 7.02. The third kappa shape index (κ3) is 3.01. The van der Waals surface area contributed by atoms with E-state index in [9.17, 15) is 18.0 Å². The highest BCUT2D eigenvalue weighted by Gasteiger charge is 2.54. The van der Waals surface area contributed by atoms with Crippen molar-refractivity contribution in [3.8, 4) is 0 Å². The van der Waals surface area contributed by atoms with Crippen LogP contribution in [-0.2, 0) is 24.2 Å². The number of carbonyl (C=O) groups excluding carboxylic acids is 2. The number of Topliss-reactive ketones (excluding diaryl/α,β-unsaturated/α-hetero) is 1. The van der Waals surface area contributed by atoms with E-state index in [1.165, 1.54) is 0 Å². The summed E-state index contributed by atoms with van der Waals surface area (Å²) in [6.07, 6.45) is 3.73. The summed E-state index contributed by atoms with van der Waals surface area (Å²) in [4.78, 5) is 28.5. The van der Waals surface area contributed by atoms with Crippen molar-refractivity contribution in [3.05, 3.63) is 46.7 Å². The minimum atomic E-state index is -3.17. The molecule has 1 aliphatic carbocycles. The van der Waals surface area contributed by atoms with E-state index in [0.29, 0.717) is 12.0 Å². The zero-order valence-electron chi connectivity index (χ0n) is 16.5. The number of nitrogens with zero attached hydrogens (tertiary/aromatic N) is 1. The Morgan fingerprint density at radius 3 is 2.45 bits per heavy atom. The van der Waals surface area contributed by atoms with Gasteiger partial charge in [-0.15, -0.1) is 0 Å². The number of aryl methyl sites for hydroxylation is 1. The molecule has 4 atom stereocenters. The van der Waals surface area contributed by atoms with Gasteiger partial charge in [0.1, 0.15) is 6.10 Å². The first kappa shape index (κ1) is 18.9. The van der Waals surface area contributed by atoms with Crippen molar-refractivity contribution in [1.29, 1.82) is 0 Å². The molecule has 6 nitrogen and oxygen atoms in total. The largest absolute Gasteiger partial charge is 0.483 e. The van der Waals surface area contributed by atoms with E-state index >= 15 is 0 Å². The predicted octanol–water partition coefficient (Wildman–Crippen LogP) is 2.48. The second-order valence-electron chi connectivity index (χ2n) is 8.74. The molecule has 154 valence electrons. The van der Waals surface area contributed by atoms with Crippen molar-refractivity contribution in [1.82, 2.24) is 4.90 Å². The maximum absolute atomic E-state index is 13.5. The smallest absolute Gasteiger partial charge is 0.290 e. The molecule has 29 heavy (non-hydrogen) atoms. The van der Waals surface area contributed by atoms with Crippen molar-refractivity contribution >= 4 is 21.5 Å². The van der Waals surface area contributed by atoms with Gasteiger partial charge in [0.05, 0.1) is 29.0 Å². The van der Waals surface area contributed by atoms with Crippen LogP contribution in [0.15, 0.2) is 35.6 Å². The molecule has 2 fully saturated rings. The summed E-state index contributed by atoms with van der Waals surface area (Å²) >= 11 is 0. The first-order valence-corrected chi connectivity index (χ1v) is 12.2. The molecule has 0 bridgehead atoms. The first-order chi connectivity index (χ1) is 13.9. The average Bonchev–Trinajstić information content (AvgIpc) is 3.20. The SMILES string of the molecule is Cc1ccc(C2C3=C(OC4CCCCC4C3=O)C(=O)N2C2CCS(=O)(=O)C2)cc1. The molecular formula is C22H25NO5S. The van der Waals surface area contributed by atoms with E-state index in [-0.39, 0.29) is 41.0 Å². The number of hydrogen-bond acceptors (Lipinski definition) is 5. The third-order valence-electron chi connectivity index (χ3n) is 6.79. The molecule has 1 saturated heterocycles. The minimum absolute atomic E-state index is 0.0122. The highest BCUT2D eigenvalue weighted by atomic mass is 32.2. The first-order valence-electron chi connectivity index (χ1n) is 10.4. The molecule has 1 aromatic carbocycles. The normalized spacial score (nSPS) is 33.5. The van der Waals surface area contributed by atoms with Crippen molar-refractivity contribution in [2.45, 2.75) is 57.2 Å². The van der Waals surface area contributed by atoms with Crippen LogP contribution in [0.3, 0.4) is 0 Å². The summed E-state index contributed by atoms with van der Waals surface area (Å²) in [5.41, 5.74) is 2.36. The van der Waals surface area contributed by atoms with Gasteiger partial charge in [-0.25, -0.2) is 8.42 Å². The Morgan fingerprint density at radius 2 is 1.76 bits per heavy atom. The number of hydrogen-bond donors (Lipinski definition) is 0. The van der Waals surface area contributed by atoms with Gasteiger partial charge in [-0.2, -0.15) is 0 Å². The number of carbonyl (C=O) groups is 2. The lowest BCUT2D eigenvalue weighted by atomic mass is 9.77. The molecule has 1 aromatic rings. The molecule has 3 heterocycles. The Kier molecular flexibility index (Phi) is 4.35. The lowest BCUT2D eigenvalue weighted by molar-refractivity contribution is -0.136. The Balaban J connectivity index is 1.61. The Hall–Kier alpha value is -2.15. The van der Waals surface area contributed by atoms with Gasteiger partial charge in [-0.3, -0.25) is 9.59 Å². The molecule has 3 aliphatic heterocycles. The quantitative estimate of drug-likeness (QED) is 0.741. The Morgan fingerprint density at radius 1 is 1.03 bits per heavy atom. The fourth-order valence-electron chi connectivity index (χ4n) is 5.31. The topological polar surface area (TPSA) is 80.8 Å². The lowest BCUT2D eigenvalue weighted by Gasteiger charge is -2.35. The van der Waals surface area contributed by atoms with Gasteiger partial charge in [-0.1, -0.05) is 36.2 Å². The van der Waals surface area contributed by atoms with E-state index in [0.717, 1.165) is 36.8 Å². The summed E-state index contributed by atoms with van der Waals surface area (Å²) in [7, 11) is -3.17. The van der Waals surface area contributed by atoms with E-state index in [4.69, 9.17) is 4.74 Å². The number of fused-ring (bicyclic) bond motifs is 1. The third-order valence-corrected chi connectivity index (χ3v) is 8.54. The fraction of sp³-hybridized carbons (Fsp3) is 0.545. The summed E-state index contributed by atoms with van der Waals surface area (Å²) in [6.45, 7) is 1.98. The highest BCUT2D eigenvalue weighted by molar-refractivity contribution is 7.91. The molecule has 0 spiro atoms. The van der Waals surface area contributed by atoms with E-state index in [1.54, 1.807) is 4.90 Å². The summed E-state index contributed by atoms with van der Waals surface area (Å²) in [5, 5.41) is 0. The molecule has 7 heteroatoms. The van der Waals surface area contributed by atoms with Gasteiger partial charge in [0, 0.05) is 6.04 Å². The van der Waals surface area contributed by atoms with Gasteiger partial charge < -0.3 is 9.64 Å². The second kappa shape index (κ2) is 6.69. The zero-order valence-corrected chi connectivity index (χ0v) is 17.3. The molecule has 5 rings (SSSR count). The minimum Gasteiger partial charge on any atom is -0.483 e.